The van der Waals surface area contributed by atoms with E-state index in [0.717, 1.165) is 19.3 Å². The first-order valence-electron chi connectivity index (χ1n) is 7.23. The standard InChI is InChI=1S/C15H21N3O3/c1-9-5-6-11(8-10(9)2)17-15(21)18-12-4-3-7-16-13(12)14(19)20/h3-4,7,9-11H,5-6,8H2,1-2H3,(H,19,20)(H2,17,18,21). The van der Waals surface area contributed by atoms with Crippen LogP contribution >= 0.6 is 0 Å². The highest BCUT2D eigenvalue weighted by molar-refractivity contribution is 5.98. The van der Waals surface area contributed by atoms with Gasteiger partial charge in [-0.15, -0.1) is 0 Å². The number of carboxylic acids is 1. The average Bonchev–Trinajstić information content (AvgIpc) is 2.43. The van der Waals surface area contributed by atoms with Crippen molar-refractivity contribution in [3.05, 3.63) is 24.0 Å². The van der Waals surface area contributed by atoms with Gasteiger partial charge < -0.3 is 15.7 Å². The lowest BCUT2D eigenvalue weighted by molar-refractivity contribution is 0.0691. The van der Waals surface area contributed by atoms with Gasteiger partial charge in [0.1, 0.15) is 0 Å². The zero-order chi connectivity index (χ0) is 15.4. The van der Waals surface area contributed by atoms with Crippen molar-refractivity contribution < 1.29 is 14.7 Å². The SMILES string of the molecule is CC1CCC(NC(=O)Nc2cccnc2C(=O)O)CC1C. The van der Waals surface area contributed by atoms with Gasteiger partial charge in [-0.1, -0.05) is 13.8 Å². The summed E-state index contributed by atoms with van der Waals surface area (Å²) in [5.41, 5.74) is 0.0537. The Morgan fingerprint density at radius 1 is 1.29 bits per heavy atom. The largest absolute Gasteiger partial charge is 0.476 e. The molecule has 0 aliphatic heterocycles. The molecule has 6 nitrogen and oxygen atoms in total. The van der Waals surface area contributed by atoms with Gasteiger partial charge in [0.05, 0.1) is 5.69 Å². The van der Waals surface area contributed by atoms with Gasteiger partial charge in [0, 0.05) is 12.2 Å². The average molecular weight is 291 g/mol. The fourth-order valence-electron chi connectivity index (χ4n) is 2.70. The van der Waals surface area contributed by atoms with E-state index in [2.05, 4.69) is 29.5 Å². The first-order valence-corrected chi connectivity index (χ1v) is 7.23. The van der Waals surface area contributed by atoms with Crippen LogP contribution < -0.4 is 10.6 Å². The predicted octanol–water partition coefficient (Wildman–Crippen LogP) is 2.73. The highest BCUT2D eigenvalue weighted by Crippen LogP contribution is 2.29. The molecule has 114 valence electrons. The summed E-state index contributed by atoms with van der Waals surface area (Å²) >= 11 is 0. The molecular weight excluding hydrogens is 270 g/mol. The van der Waals surface area contributed by atoms with E-state index in [0.29, 0.717) is 11.8 Å². The van der Waals surface area contributed by atoms with E-state index in [1.807, 2.05) is 0 Å². The van der Waals surface area contributed by atoms with Crippen LogP contribution in [0.1, 0.15) is 43.6 Å². The summed E-state index contributed by atoms with van der Waals surface area (Å²) in [7, 11) is 0. The van der Waals surface area contributed by atoms with Crippen molar-refractivity contribution in [2.24, 2.45) is 11.8 Å². The first-order chi connectivity index (χ1) is 9.97. The topological polar surface area (TPSA) is 91.3 Å². The van der Waals surface area contributed by atoms with Gasteiger partial charge >= 0.3 is 12.0 Å². The normalized spacial score (nSPS) is 25.1. The van der Waals surface area contributed by atoms with Crippen LogP contribution in [0.3, 0.4) is 0 Å². The third-order valence-electron chi connectivity index (χ3n) is 4.19. The van der Waals surface area contributed by atoms with Crippen LogP contribution in [0.15, 0.2) is 18.3 Å². The smallest absolute Gasteiger partial charge is 0.356 e. The second-order valence-electron chi connectivity index (χ2n) is 5.77. The maximum Gasteiger partial charge on any atom is 0.356 e. The van der Waals surface area contributed by atoms with Gasteiger partial charge in [-0.05, 0) is 43.2 Å². The Bertz CT molecular complexity index is 533. The molecule has 0 aromatic carbocycles. The lowest BCUT2D eigenvalue weighted by atomic mass is 9.79. The Morgan fingerprint density at radius 3 is 2.71 bits per heavy atom. The zero-order valence-corrected chi connectivity index (χ0v) is 12.3. The number of hydrogen-bond acceptors (Lipinski definition) is 3. The van der Waals surface area contributed by atoms with Crippen molar-refractivity contribution in [3.8, 4) is 0 Å². The number of hydrogen-bond donors (Lipinski definition) is 3. The maximum atomic E-state index is 12.0. The molecule has 21 heavy (non-hydrogen) atoms. The number of nitrogens with zero attached hydrogens (tertiary/aromatic N) is 1. The third-order valence-corrected chi connectivity index (χ3v) is 4.19. The second-order valence-corrected chi connectivity index (χ2v) is 5.77. The van der Waals surface area contributed by atoms with Crippen molar-refractivity contribution in [3.63, 3.8) is 0 Å². The number of rotatable bonds is 3. The lowest BCUT2D eigenvalue weighted by Crippen LogP contribution is -2.42. The molecule has 0 spiro atoms. The van der Waals surface area contributed by atoms with E-state index >= 15 is 0 Å². The molecule has 0 saturated heterocycles. The molecule has 0 radical (unpaired) electrons. The monoisotopic (exact) mass is 291 g/mol. The molecule has 2 amide bonds. The molecule has 3 unspecified atom stereocenters. The van der Waals surface area contributed by atoms with Crippen LogP contribution in [0.25, 0.3) is 0 Å². The summed E-state index contributed by atoms with van der Waals surface area (Å²) in [6, 6.07) is 2.88. The Kier molecular flexibility index (Phi) is 4.77. The van der Waals surface area contributed by atoms with Crippen molar-refractivity contribution in [2.45, 2.75) is 39.2 Å². The van der Waals surface area contributed by atoms with E-state index < -0.39 is 5.97 Å². The lowest BCUT2D eigenvalue weighted by Gasteiger charge is -2.32. The minimum atomic E-state index is -1.16. The number of amides is 2. The molecule has 1 aromatic rings. The molecule has 2 rings (SSSR count). The fraction of sp³-hybridized carbons (Fsp3) is 0.533. The van der Waals surface area contributed by atoms with E-state index in [1.165, 1.54) is 12.3 Å². The summed E-state index contributed by atoms with van der Waals surface area (Å²) < 4.78 is 0. The molecule has 1 aliphatic rings. The number of carbonyl (C=O) groups is 2. The molecule has 1 aliphatic carbocycles. The summed E-state index contributed by atoms with van der Waals surface area (Å²) in [6.45, 7) is 4.43. The summed E-state index contributed by atoms with van der Waals surface area (Å²) in [6.07, 6.45) is 4.39. The Balaban J connectivity index is 1.95. The molecule has 1 fully saturated rings. The zero-order valence-electron chi connectivity index (χ0n) is 12.3. The molecular formula is C15H21N3O3. The Hall–Kier alpha value is -2.11. The van der Waals surface area contributed by atoms with E-state index in [1.54, 1.807) is 6.07 Å². The number of aromatic carboxylic acids is 1. The number of carboxylic acid groups (broad SMARTS) is 1. The van der Waals surface area contributed by atoms with Crippen molar-refractivity contribution in [1.82, 2.24) is 10.3 Å². The molecule has 3 N–H and O–H groups in total. The van der Waals surface area contributed by atoms with Crippen LogP contribution in [0.4, 0.5) is 10.5 Å². The summed E-state index contributed by atoms with van der Waals surface area (Å²) in [4.78, 5) is 26.8. The van der Waals surface area contributed by atoms with E-state index in [-0.39, 0.29) is 23.5 Å². The first kappa shape index (κ1) is 15.3. The van der Waals surface area contributed by atoms with E-state index in [4.69, 9.17) is 5.11 Å². The molecule has 3 atom stereocenters. The van der Waals surface area contributed by atoms with Gasteiger partial charge in [0.2, 0.25) is 0 Å². The van der Waals surface area contributed by atoms with Crippen LogP contribution in [-0.4, -0.2) is 28.1 Å². The molecule has 0 bridgehead atoms. The van der Waals surface area contributed by atoms with Crippen LogP contribution in [0.5, 0.6) is 0 Å². The number of pyridine rings is 1. The minimum absolute atomic E-state index is 0.140. The number of aromatic nitrogens is 1. The summed E-state index contributed by atoms with van der Waals surface area (Å²) in [5, 5.41) is 14.5. The van der Waals surface area contributed by atoms with Gasteiger partial charge in [0.25, 0.3) is 0 Å². The number of carbonyl (C=O) groups excluding carboxylic acids is 1. The Labute approximate surface area is 124 Å². The number of anilines is 1. The maximum absolute atomic E-state index is 12.0. The van der Waals surface area contributed by atoms with Crippen molar-refractivity contribution in [2.75, 3.05) is 5.32 Å². The van der Waals surface area contributed by atoms with Gasteiger partial charge in [0.15, 0.2) is 5.69 Å². The molecule has 6 heteroatoms. The summed E-state index contributed by atoms with van der Waals surface area (Å²) in [5.74, 6) is 0.103. The number of urea groups is 1. The van der Waals surface area contributed by atoms with Crippen LogP contribution in [0.2, 0.25) is 0 Å². The Morgan fingerprint density at radius 2 is 2.05 bits per heavy atom. The van der Waals surface area contributed by atoms with Crippen molar-refractivity contribution >= 4 is 17.7 Å². The van der Waals surface area contributed by atoms with Crippen molar-refractivity contribution in [1.29, 1.82) is 0 Å². The van der Waals surface area contributed by atoms with E-state index in [9.17, 15) is 9.59 Å². The van der Waals surface area contributed by atoms with Crippen LogP contribution in [0, 0.1) is 11.8 Å². The molecule has 1 saturated carbocycles. The van der Waals surface area contributed by atoms with Crippen LogP contribution in [-0.2, 0) is 0 Å². The van der Waals surface area contributed by atoms with Gasteiger partial charge in [-0.3, -0.25) is 0 Å². The minimum Gasteiger partial charge on any atom is -0.476 e. The highest BCUT2D eigenvalue weighted by Gasteiger charge is 2.25. The van der Waals surface area contributed by atoms with Gasteiger partial charge in [-0.2, -0.15) is 0 Å². The molecule has 1 heterocycles. The highest BCUT2D eigenvalue weighted by atomic mass is 16.4. The molecule has 1 aromatic heterocycles. The number of nitrogens with one attached hydrogen (secondary N) is 2. The quantitative estimate of drug-likeness (QED) is 0.798. The fourth-order valence-corrected chi connectivity index (χ4v) is 2.70. The third kappa shape index (κ3) is 3.93. The second kappa shape index (κ2) is 6.56. The predicted molar refractivity (Wildman–Crippen MR) is 79.3 cm³/mol. The van der Waals surface area contributed by atoms with Gasteiger partial charge in [-0.25, -0.2) is 14.6 Å².